The minimum Gasteiger partial charge on any atom is -0.422 e. The molecule has 4 heteroatoms. The molecular formula is C27H22N2O2. The second-order valence-corrected chi connectivity index (χ2v) is 7.12. The Bertz CT molecular complexity index is 1300. The van der Waals surface area contributed by atoms with Gasteiger partial charge in [0.15, 0.2) is 0 Å². The molecule has 152 valence electrons. The SMILES string of the molecule is C=C(C(=O)Oc1cccc2ccccc12)c1ccc(N)c(N)c1C=Cc1ccccc1. The second-order valence-electron chi connectivity index (χ2n) is 7.12. The van der Waals surface area contributed by atoms with Crippen molar-refractivity contribution in [1.29, 1.82) is 0 Å². The number of carbonyl (C=O) groups excluding carboxylic acids is 1. The Labute approximate surface area is 181 Å². The van der Waals surface area contributed by atoms with Crippen molar-refractivity contribution in [2.45, 2.75) is 0 Å². The maximum atomic E-state index is 13.0. The molecule has 0 saturated heterocycles. The molecule has 0 fully saturated rings. The van der Waals surface area contributed by atoms with Gasteiger partial charge in [-0.25, -0.2) is 4.79 Å². The molecule has 0 aliphatic carbocycles. The summed E-state index contributed by atoms with van der Waals surface area (Å²) >= 11 is 0. The summed E-state index contributed by atoms with van der Waals surface area (Å²) in [5.41, 5.74) is 15.5. The van der Waals surface area contributed by atoms with E-state index >= 15 is 0 Å². The van der Waals surface area contributed by atoms with Crippen molar-refractivity contribution in [1.82, 2.24) is 0 Å². The topological polar surface area (TPSA) is 78.3 Å². The summed E-state index contributed by atoms with van der Waals surface area (Å²) in [6.45, 7) is 3.98. The highest BCUT2D eigenvalue weighted by atomic mass is 16.5. The minimum atomic E-state index is -0.546. The highest BCUT2D eigenvalue weighted by molar-refractivity contribution is 6.18. The fourth-order valence-electron chi connectivity index (χ4n) is 3.40. The van der Waals surface area contributed by atoms with Crippen molar-refractivity contribution in [2.75, 3.05) is 11.5 Å². The maximum Gasteiger partial charge on any atom is 0.343 e. The number of hydrogen-bond donors (Lipinski definition) is 2. The number of anilines is 2. The average Bonchev–Trinajstić information content (AvgIpc) is 2.80. The zero-order valence-electron chi connectivity index (χ0n) is 16.9. The lowest BCUT2D eigenvalue weighted by atomic mass is 9.97. The number of hydrogen-bond acceptors (Lipinski definition) is 4. The van der Waals surface area contributed by atoms with Gasteiger partial charge in [0.25, 0.3) is 0 Å². The number of benzene rings is 4. The van der Waals surface area contributed by atoms with Gasteiger partial charge in [-0.3, -0.25) is 0 Å². The van der Waals surface area contributed by atoms with Crippen molar-refractivity contribution in [2.24, 2.45) is 0 Å². The molecule has 0 amide bonds. The smallest absolute Gasteiger partial charge is 0.343 e. The lowest BCUT2D eigenvalue weighted by Crippen LogP contribution is -2.12. The van der Waals surface area contributed by atoms with Gasteiger partial charge in [0.2, 0.25) is 0 Å². The van der Waals surface area contributed by atoms with Crippen LogP contribution < -0.4 is 16.2 Å². The molecule has 0 bridgehead atoms. The van der Waals surface area contributed by atoms with Crippen molar-refractivity contribution in [3.8, 4) is 5.75 Å². The third-order valence-electron chi connectivity index (χ3n) is 5.09. The van der Waals surface area contributed by atoms with Crippen molar-refractivity contribution >= 4 is 45.8 Å². The van der Waals surface area contributed by atoms with Crippen LogP contribution in [0.4, 0.5) is 11.4 Å². The van der Waals surface area contributed by atoms with Crippen LogP contribution in [-0.4, -0.2) is 5.97 Å². The van der Waals surface area contributed by atoms with E-state index < -0.39 is 5.97 Å². The van der Waals surface area contributed by atoms with Crippen LogP contribution in [0.25, 0.3) is 28.5 Å². The Morgan fingerprint density at radius 2 is 1.52 bits per heavy atom. The number of nitrogens with two attached hydrogens (primary N) is 2. The van der Waals surface area contributed by atoms with Gasteiger partial charge in [-0.2, -0.15) is 0 Å². The molecule has 31 heavy (non-hydrogen) atoms. The van der Waals surface area contributed by atoms with Gasteiger partial charge < -0.3 is 16.2 Å². The molecular weight excluding hydrogens is 384 g/mol. The van der Waals surface area contributed by atoms with Gasteiger partial charge in [-0.1, -0.05) is 91.5 Å². The van der Waals surface area contributed by atoms with Crippen LogP contribution in [0.15, 0.2) is 91.5 Å². The summed E-state index contributed by atoms with van der Waals surface area (Å²) < 4.78 is 5.70. The molecule has 4 N–H and O–H groups in total. The number of fused-ring (bicyclic) bond motifs is 1. The van der Waals surface area contributed by atoms with Gasteiger partial charge >= 0.3 is 5.97 Å². The highest BCUT2D eigenvalue weighted by Crippen LogP contribution is 2.32. The second kappa shape index (κ2) is 8.59. The molecule has 0 heterocycles. The van der Waals surface area contributed by atoms with E-state index in [1.807, 2.05) is 78.9 Å². The van der Waals surface area contributed by atoms with E-state index in [-0.39, 0.29) is 5.57 Å². The van der Waals surface area contributed by atoms with Crippen LogP contribution in [0.1, 0.15) is 16.7 Å². The van der Waals surface area contributed by atoms with Crippen molar-refractivity contribution in [3.05, 3.63) is 108 Å². The quantitative estimate of drug-likeness (QED) is 0.144. The first-order chi connectivity index (χ1) is 15.0. The summed E-state index contributed by atoms with van der Waals surface area (Å²) in [5, 5.41) is 1.84. The number of carbonyl (C=O) groups is 1. The van der Waals surface area contributed by atoms with E-state index in [0.717, 1.165) is 16.3 Å². The van der Waals surface area contributed by atoms with Crippen LogP contribution in [-0.2, 0) is 4.79 Å². The molecule has 4 aromatic rings. The van der Waals surface area contributed by atoms with E-state index in [0.29, 0.717) is 28.3 Å². The van der Waals surface area contributed by atoms with Crippen LogP contribution in [0.2, 0.25) is 0 Å². The number of nitrogen functional groups attached to an aromatic ring is 2. The van der Waals surface area contributed by atoms with E-state index in [1.165, 1.54) is 0 Å². The number of esters is 1. The van der Waals surface area contributed by atoms with Gasteiger partial charge in [0.1, 0.15) is 5.75 Å². The molecule has 0 aliphatic heterocycles. The molecule has 0 aromatic heterocycles. The van der Waals surface area contributed by atoms with E-state index in [1.54, 1.807) is 18.2 Å². The van der Waals surface area contributed by atoms with E-state index in [2.05, 4.69) is 6.58 Å². The fraction of sp³-hybridized carbons (Fsp3) is 0. The lowest BCUT2D eigenvalue weighted by molar-refractivity contribution is -0.127. The third kappa shape index (κ3) is 4.19. The Morgan fingerprint density at radius 3 is 2.32 bits per heavy atom. The molecule has 0 atom stereocenters. The zero-order valence-corrected chi connectivity index (χ0v) is 16.9. The van der Waals surface area contributed by atoms with Crippen LogP contribution in [0.3, 0.4) is 0 Å². The summed E-state index contributed by atoms with van der Waals surface area (Å²) in [5.74, 6) is -0.0658. The van der Waals surface area contributed by atoms with Crippen LogP contribution >= 0.6 is 0 Å². The van der Waals surface area contributed by atoms with Crippen LogP contribution in [0.5, 0.6) is 5.75 Å². The summed E-state index contributed by atoms with van der Waals surface area (Å²) in [6.07, 6.45) is 3.75. The van der Waals surface area contributed by atoms with Crippen molar-refractivity contribution in [3.63, 3.8) is 0 Å². The van der Waals surface area contributed by atoms with E-state index in [4.69, 9.17) is 16.2 Å². The largest absolute Gasteiger partial charge is 0.422 e. The molecule has 0 radical (unpaired) electrons. The van der Waals surface area contributed by atoms with Crippen LogP contribution in [0, 0.1) is 0 Å². The molecule has 4 aromatic carbocycles. The molecule has 0 unspecified atom stereocenters. The molecule has 0 aliphatic rings. The molecule has 0 saturated carbocycles. The van der Waals surface area contributed by atoms with Crippen molar-refractivity contribution < 1.29 is 9.53 Å². The van der Waals surface area contributed by atoms with Gasteiger partial charge in [-0.05, 0) is 28.6 Å². The predicted octanol–water partition coefficient (Wildman–Crippen LogP) is 5.79. The average molecular weight is 406 g/mol. The molecule has 4 nitrogen and oxygen atoms in total. The van der Waals surface area contributed by atoms with E-state index in [9.17, 15) is 4.79 Å². The van der Waals surface area contributed by atoms with Gasteiger partial charge in [0, 0.05) is 10.9 Å². The standard InChI is InChI=1S/C27H22N2O2/c1-18(27(30)31-25-13-7-11-20-10-5-6-12-22(20)25)21-16-17-24(28)26(29)23(21)15-14-19-8-3-2-4-9-19/h2-17H,1,28-29H2. The Balaban J connectivity index is 1.67. The third-order valence-corrected chi connectivity index (χ3v) is 5.09. The minimum absolute atomic E-state index is 0.201. The lowest BCUT2D eigenvalue weighted by Gasteiger charge is -2.14. The fourth-order valence-corrected chi connectivity index (χ4v) is 3.40. The maximum absolute atomic E-state index is 13.0. The Kier molecular flexibility index (Phi) is 5.54. The zero-order chi connectivity index (χ0) is 21.8. The predicted molar refractivity (Wildman–Crippen MR) is 129 cm³/mol. The van der Waals surface area contributed by atoms with Gasteiger partial charge in [0.05, 0.1) is 16.9 Å². The number of rotatable bonds is 5. The Morgan fingerprint density at radius 1 is 0.806 bits per heavy atom. The summed E-state index contributed by atoms with van der Waals surface area (Å²) in [6, 6.07) is 26.5. The Hall–Kier alpha value is -4.31. The highest BCUT2D eigenvalue weighted by Gasteiger charge is 2.18. The van der Waals surface area contributed by atoms with Gasteiger partial charge in [-0.15, -0.1) is 0 Å². The normalized spacial score (nSPS) is 11.0. The summed E-state index contributed by atoms with van der Waals surface area (Å²) in [4.78, 5) is 13.0. The first-order valence-corrected chi connectivity index (χ1v) is 9.85. The first kappa shape index (κ1) is 20.0. The molecule has 4 rings (SSSR count). The summed E-state index contributed by atoms with van der Waals surface area (Å²) in [7, 11) is 0. The number of ether oxygens (including phenoxy) is 1. The molecule has 0 spiro atoms. The first-order valence-electron chi connectivity index (χ1n) is 9.85. The monoisotopic (exact) mass is 406 g/mol.